The van der Waals surface area contributed by atoms with Crippen LogP contribution in [0.3, 0.4) is 0 Å². The smallest absolute Gasteiger partial charge is 0.255 e. The summed E-state index contributed by atoms with van der Waals surface area (Å²) in [5.41, 5.74) is 2.51. The maximum atomic E-state index is 12.6. The first-order valence-electron chi connectivity index (χ1n) is 8.67. The summed E-state index contributed by atoms with van der Waals surface area (Å²) in [5, 5.41) is 7.60. The van der Waals surface area contributed by atoms with Gasteiger partial charge >= 0.3 is 0 Å². The first-order valence-corrected chi connectivity index (χ1v) is 8.67. The van der Waals surface area contributed by atoms with Crippen LogP contribution in [0.25, 0.3) is 0 Å². The highest BCUT2D eigenvalue weighted by Crippen LogP contribution is 2.14. The Bertz CT molecular complexity index is 521. The Morgan fingerprint density at radius 3 is 2.65 bits per heavy atom. The first kappa shape index (κ1) is 17.9. The Morgan fingerprint density at radius 1 is 1.30 bits per heavy atom. The van der Waals surface area contributed by atoms with Gasteiger partial charge in [-0.2, -0.15) is 5.10 Å². The van der Waals surface area contributed by atoms with E-state index in [0.29, 0.717) is 0 Å². The van der Waals surface area contributed by atoms with Gasteiger partial charge in [0.15, 0.2) is 0 Å². The summed E-state index contributed by atoms with van der Waals surface area (Å²) in [7, 11) is 0. The third kappa shape index (κ3) is 4.78. The number of carbonyl (C=O) groups is 1. The van der Waals surface area contributed by atoms with Crippen LogP contribution >= 0.6 is 0 Å². The van der Waals surface area contributed by atoms with Gasteiger partial charge in [0.1, 0.15) is 0 Å². The molecule has 130 valence electrons. The van der Waals surface area contributed by atoms with Crippen molar-refractivity contribution < 1.29 is 9.53 Å². The molecule has 6 heteroatoms. The van der Waals surface area contributed by atoms with Crippen molar-refractivity contribution in [2.45, 2.75) is 53.1 Å². The lowest BCUT2D eigenvalue weighted by atomic mass is 10.1. The summed E-state index contributed by atoms with van der Waals surface area (Å²) in [6.07, 6.45) is 1.96. The van der Waals surface area contributed by atoms with Crippen molar-refractivity contribution >= 4 is 5.91 Å². The van der Waals surface area contributed by atoms with Crippen molar-refractivity contribution in [3.05, 3.63) is 17.0 Å². The molecular weight excluding hydrogens is 292 g/mol. The molecule has 0 saturated carbocycles. The third-order valence-corrected chi connectivity index (χ3v) is 4.40. The molecule has 1 unspecified atom stereocenters. The molecule has 6 nitrogen and oxygen atoms in total. The highest BCUT2D eigenvalue weighted by atomic mass is 16.5. The van der Waals surface area contributed by atoms with Crippen molar-refractivity contribution in [2.75, 3.05) is 32.8 Å². The molecule has 1 amide bonds. The van der Waals surface area contributed by atoms with Gasteiger partial charge in [0.05, 0.1) is 24.5 Å². The maximum absolute atomic E-state index is 12.6. The normalized spacial score (nSPS) is 17.2. The highest BCUT2D eigenvalue weighted by molar-refractivity contribution is 5.96. The van der Waals surface area contributed by atoms with Crippen LogP contribution in [0.15, 0.2) is 0 Å². The fourth-order valence-electron chi connectivity index (χ4n) is 3.02. The van der Waals surface area contributed by atoms with E-state index >= 15 is 0 Å². The van der Waals surface area contributed by atoms with E-state index in [4.69, 9.17) is 4.74 Å². The summed E-state index contributed by atoms with van der Waals surface area (Å²) in [5.74, 6) is -0.00293. The molecule has 1 aromatic rings. The van der Waals surface area contributed by atoms with Crippen molar-refractivity contribution in [1.29, 1.82) is 0 Å². The van der Waals surface area contributed by atoms with Crippen LogP contribution in [0.5, 0.6) is 0 Å². The average Bonchev–Trinajstić information content (AvgIpc) is 2.81. The molecule has 1 aliphatic heterocycles. The predicted molar refractivity (Wildman–Crippen MR) is 90.8 cm³/mol. The monoisotopic (exact) mass is 322 g/mol. The SMILES string of the molecule is CCCn1nc(C)c(C(=O)NC(C)CCN2CCOCC2)c1C. The number of carbonyl (C=O) groups excluding carboxylic acids is 1. The van der Waals surface area contributed by atoms with E-state index in [2.05, 4.69) is 29.2 Å². The van der Waals surface area contributed by atoms with Crippen LogP contribution in [-0.4, -0.2) is 59.5 Å². The molecule has 0 aliphatic carbocycles. The molecule has 1 aromatic heterocycles. The minimum absolute atomic E-state index is 0.00293. The number of nitrogens with one attached hydrogen (secondary N) is 1. The zero-order chi connectivity index (χ0) is 16.8. The molecule has 1 aliphatic rings. The standard InChI is InChI=1S/C17H30N4O2/c1-5-7-21-15(4)16(14(3)19-21)17(22)18-13(2)6-8-20-9-11-23-12-10-20/h13H,5-12H2,1-4H3,(H,18,22). The van der Waals surface area contributed by atoms with Crippen LogP contribution in [0.1, 0.15) is 48.4 Å². The van der Waals surface area contributed by atoms with Crippen molar-refractivity contribution in [3.8, 4) is 0 Å². The lowest BCUT2D eigenvalue weighted by Gasteiger charge is -2.27. The van der Waals surface area contributed by atoms with E-state index in [9.17, 15) is 4.79 Å². The highest BCUT2D eigenvalue weighted by Gasteiger charge is 2.20. The second kappa shape index (κ2) is 8.45. The topological polar surface area (TPSA) is 59.4 Å². The van der Waals surface area contributed by atoms with Crippen LogP contribution in [0, 0.1) is 13.8 Å². The molecule has 23 heavy (non-hydrogen) atoms. The lowest BCUT2D eigenvalue weighted by molar-refractivity contribution is 0.0363. The molecule has 2 rings (SSSR count). The summed E-state index contributed by atoms with van der Waals surface area (Å²) in [6.45, 7) is 13.5. The number of rotatable bonds is 7. The number of hydrogen-bond acceptors (Lipinski definition) is 4. The molecule has 0 aromatic carbocycles. The predicted octanol–water partition coefficient (Wildman–Crippen LogP) is 1.75. The van der Waals surface area contributed by atoms with Crippen LogP contribution in [0.2, 0.25) is 0 Å². The summed E-state index contributed by atoms with van der Waals surface area (Å²) in [4.78, 5) is 15.0. The quantitative estimate of drug-likeness (QED) is 0.831. The summed E-state index contributed by atoms with van der Waals surface area (Å²) >= 11 is 0. The largest absolute Gasteiger partial charge is 0.379 e. The Morgan fingerprint density at radius 2 is 2.00 bits per heavy atom. The minimum atomic E-state index is -0.00293. The van der Waals surface area contributed by atoms with Crippen LogP contribution < -0.4 is 5.32 Å². The Balaban J connectivity index is 1.88. The van der Waals surface area contributed by atoms with Gasteiger partial charge in [0.2, 0.25) is 0 Å². The van der Waals surface area contributed by atoms with Gasteiger partial charge in [-0.1, -0.05) is 6.92 Å². The first-order chi connectivity index (χ1) is 11.0. The summed E-state index contributed by atoms with van der Waals surface area (Å²) < 4.78 is 7.29. The molecule has 0 radical (unpaired) electrons. The van der Waals surface area contributed by atoms with Gasteiger partial charge in [-0.3, -0.25) is 14.4 Å². The molecule has 1 atom stereocenters. The average molecular weight is 322 g/mol. The fourth-order valence-corrected chi connectivity index (χ4v) is 3.02. The molecule has 0 spiro atoms. The molecule has 2 heterocycles. The van der Waals surface area contributed by atoms with Gasteiger partial charge in [-0.15, -0.1) is 0 Å². The molecule has 0 bridgehead atoms. The van der Waals surface area contributed by atoms with Gasteiger partial charge in [0, 0.05) is 37.9 Å². The van der Waals surface area contributed by atoms with E-state index in [-0.39, 0.29) is 11.9 Å². The van der Waals surface area contributed by atoms with Gasteiger partial charge in [0.25, 0.3) is 5.91 Å². The molecule has 1 fully saturated rings. The number of nitrogens with zero attached hydrogens (tertiary/aromatic N) is 3. The number of ether oxygens (including phenoxy) is 1. The van der Waals surface area contributed by atoms with Crippen molar-refractivity contribution in [1.82, 2.24) is 20.0 Å². The van der Waals surface area contributed by atoms with Crippen molar-refractivity contribution in [2.24, 2.45) is 0 Å². The Kier molecular flexibility index (Phi) is 6.59. The fraction of sp³-hybridized carbons (Fsp3) is 0.765. The second-order valence-electron chi connectivity index (χ2n) is 6.39. The van der Waals surface area contributed by atoms with E-state index in [0.717, 1.165) is 69.2 Å². The molecular formula is C17H30N4O2. The third-order valence-electron chi connectivity index (χ3n) is 4.40. The van der Waals surface area contributed by atoms with E-state index < -0.39 is 0 Å². The van der Waals surface area contributed by atoms with Crippen LogP contribution in [-0.2, 0) is 11.3 Å². The Labute approximate surface area is 139 Å². The lowest BCUT2D eigenvalue weighted by Crippen LogP contribution is -2.40. The van der Waals surface area contributed by atoms with E-state index in [1.54, 1.807) is 0 Å². The zero-order valence-corrected chi connectivity index (χ0v) is 14.9. The van der Waals surface area contributed by atoms with E-state index in [1.165, 1.54) is 0 Å². The number of morpholine rings is 1. The van der Waals surface area contributed by atoms with Gasteiger partial charge < -0.3 is 10.1 Å². The summed E-state index contributed by atoms with van der Waals surface area (Å²) in [6, 6.07) is 0.152. The molecule has 1 N–H and O–H groups in total. The number of aryl methyl sites for hydroxylation is 2. The van der Waals surface area contributed by atoms with E-state index in [1.807, 2.05) is 18.5 Å². The number of amides is 1. The van der Waals surface area contributed by atoms with Gasteiger partial charge in [-0.05, 0) is 33.6 Å². The second-order valence-corrected chi connectivity index (χ2v) is 6.39. The number of aromatic nitrogens is 2. The van der Waals surface area contributed by atoms with Crippen LogP contribution in [0.4, 0.5) is 0 Å². The number of hydrogen-bond donors (Lipinski definition) is 1. The minimum Gasteiger partial charge on any atom is -0.379 e. The Hall–Kier alpha value is -1.40. The van der Waals surface area contributed by atoms with Gasteiger partial charge in [-0.25, -0.2) is 0 Å². The van der Waals surface area contributed by atoms with Crippen molar-refractivity contribution in [3.63, 3.8) is 0 Å². The molecule has 1 saturated heterocycles. The zero-order valence-electron chi connectivity index (χ0n) is 14.9. The maximum Gasteiger partial charge on any atom is 0.255 e.